The lowest BCUT2D eigenvalue weighted by atomic mass is 9.75. The normalized spacial score (nSPS) is 22.7. The highest BCUT2D eigenvalue weighted by atomic mass is 32.2. The van der Waals surface area contributed by atoms with Crippen LogP contribution >= 0.6 is 11.3 Å². The minimum absolute atomic E-state index is 0.0933. The van der Waals surface area contributed by atoms with Crippen LogP contribution in [0.3, 0.4) is 0 Å². The summed E-state index contributed by atoms with van der Waals surface area (Å²) in [6.45, 7) is 2.58. The van der Waals surface area contributed by atoms with Crippen molar-refractivity contribution in [2.24, 2.45) is 11.3 Å². The highest BCUT2D eigenvalue weighted by Crippen LogP contribution is 2.44. The standard InChI is InChI=1S/C32H39N3O6S3/c36-31(34-21-32(22-34)12-18-43(37,38)19-13-32)30-33-27(20-23-6-2-1-3-7-23)29(42-30)26-10-11-28(25-9-5-4-8-24(25)26)44(39,40)35-14-16-41-17-15-35/h4-5,8-11,23H,1-3,6-7,12-22H2. The second kappa shape index (κ2) is 11.8. The molecular formula is C32H39N3O6S3. The van der Waals surface area contributed by atoms with E-state index < -0.39 is 19.9 Å². The van der Waals surface area contributed by atoms with Crippen LogP contribution in [0.4, 0.5) is 0 Å². The molecule has 2 aromatic carbocycles. The van der Waals surface area contributed by atoms with Crippen LogP contribution in [0, 0.1) is 11.3 Å². The summed E-state index contributed by atoms with van der Waals surface area (Å²) in [5, 5.41) is 1.96. The van der Waals surface area contributed by atoms with Crippen molar-refractivity contribution < 1.29 is 26.4 Å². The second-order valence-electron chi connectivity index (χ2n) is 13.0. The van der Waals surface area contributed by atoms with Crippen LogP contribution in [0.2, 0.25) is 0 Å². The quantitative estimate of drug-likeness (QED) is 0.376. The second-order valence-corrected chi connectivity index (χ2v) is 18.2. The molecule has 1 spiro atoms. The van der Waals surface area contributed by atoms with Gasteiger partial charge in [-0.3, -0.25) is 4.79 Å². The monoisotopic (exact) mass is 657 g/mol. The number of likely N-dealkylation sites (tertiary alicyclic amines) is 1. The lowest BCUT2D eigenvalue weighted by Crippen LogP contribution is -2.60. The van der Waals surface area contributed by atoms with Gasteiger partial charge in [0, 0.05) is 42.5 Å². The summed E-state index contributed by atoms with van der Waals surface area (Å²) in [4.78, 5) is 21.8. The zero-order valence-corrected chi connectivity index (χ0v) is 27.3. The molecule has 0 bridgehead atoms. The topological polar surface area (TPSA) is 114 Å². The van der Waals surface area contributed by atoms with Gasteiger partial charge in [0.2, 0.25) is 10.0 Å². The molecule has 1 saturated carbocycles. The van der Waals surface area contributed by atoms with Gasteiger partial charge in [0.15, 0.2) is 5.01 Å². The van der Waals surface area contributed by atoms with E-state index in [2.05, 4.69) is 0 Å². The van der Waals surface area contributed by atoms with Crippen LogP contribution < -0.4 is 0 Å². The molecule has 3 saturated heterocycles. The molecule has 4 heterocycles. The number of benzene rings is 2. The first-order chi connectivity index (χ1) is 21.1. The van der Waals surface area contributed by atoms with Crippen molar-refractivity contribution in [3.05, 3.63) is 47.1 Å². The van der Waals surface area contributed by atoms with E-state index in [9.17, 15) is 21.6 Å². The van der Waals surface area contributed by atoms with Crippen LogP contribution in [0.5, 0.6) is 0 Å². The Labute approximate surface area is 263 Å². The Morgan fingerprint density at radius 2 is 1.66 bits per heavy atom. The molecule has 44 heavy (non-hydrogen) atoms. The Balaban J connectivity index is 1.23. The number of amides is 1. The van der Waals surface area contributed by atoms with Crippen LogP contribution in [-0.4, -0.2) is 87.8 Å². The molecule has 3 aromatic rings. The molecule has 0 radical (unpaired) electrons. The summed E-state index contributed by atoms with van der Waals surface area (Å²) in [5.41, 5.74) is 1.73. The Hall–Kier alpha value is -2.38. The number of carbonyl (C=O) groups is 1. The fraction of sp³-hybridized carbons (Fsp3) is 0.562. The molecule has 4 aliphatic rings. The van der Waals surface area contributed by atoms with E-state index in [4.69, 9.17) is 9.72 Å². The highest BCUT2D eigenvalue weighted by Gasteiger charge is 2.48. The largest absolute Gasteiger partial charge is 0.379 e. The number of sulfonamides is 1. The molecule has 236 valence electrons. The van der Waals surface area contributed by atoms with Gasteiger partial charge in [-0.25, -0.2) is 21.8 Å². The van der Waals surface area contributed by atoms with E-state index in [1.54, 1.807) is 6.07 Å². The van der Waals surface area contributed by atoms with Crippen LogP contribution in [0.25, 0.3) is 21.2 Å². The SMILES string of the molecule is O=C(c1nc(CC2CCCCC2)c(-c2ccc(S(=O)(=O)N3CCOCC3)c3ccccc23)s1)N1CC2(CCS(=O)(=O)CC2)C1. The number of sulfone groups is 1. The summed E-state index contributed by atoms with van der Waals surface area (Å²) in [6, 6.07) is 11.2. The van der Waals surface area contributed by atoms with Crippen LogP contribution in [0.15, 0.2) is 41.3 Å². The van der Waals surface area contributed by atoms with Gasteiger partial charge in [0.25, 0.3) is 5.91 Å². The summed E-state index contributed by atoms with van der Waals surface area (Å²) >= 11 is 1.40. The van der Waals surface area contributed by atoms with E-state index >= 15 is 0 Å². The third kappa shape index (κ3) is 5.72. The number of fused-ring (bicyclic) bond motifs is 1. The lowest BCUT2D eigenvalue weighted by Gasteiger charge is -2.51. The molecule has 9 nitrogen and oxygen atoms in total. The van der Waals surface area contributed by atoms with Gasteiger partial charge in [0.1, 0.15) is 9.84 Å². The number of thiazole rings is 1. The summed E-state index contributed by atoms with van der Waals surface area (Å²) in [5.74, 6) is 0.816. The fourth-order valence-corrected chi connectivity index (χ4v) is 11.8. The molecule has 1 aromatic heterocycles. The predicted molar refractivity (Wildman–Crippen MR) is 171 cm³/mol. The minimum Gasteiger partial charge on any atom is -0.379 e. The van der Waals surface area contributed by atoms with E-state index in [0.29, 0.717) is 68.5 Å². The third-order valence-electron chi connectivity index (χ3n) is 10.0. The first-order valence-electron chi connectivity index (χ1n) is 15.7. The lowest BCUT2D eigenvalue weighted by molar-refractivity contribution is 0.000299. The number of ether oxygens (including phenoxy) is 1. The number of aromatic nitrogens is 1. The Morgan fingerprint density at radius 1 is 0.977 bits per heavy atom. The number of hydrogen-bond donors (Lipinski definition) is 0. The Kier molecular flexibility index (Phi) is 8.10. The molecule has 4 fully saturated rings. The average molecular weight is 658 g/mol. The molecule has 1 aliphatic carbocycles. The summed E-state index contributed by atoms with van der Waals surface area (Å²) in [6.07, 6.45) is 7.98. The number of morpholine rings is 1. The third-order valence-corrected chi connectivity index (χ3v) is 14.8. The van der Waals surface area contributed by atoms with Crippen molar-refractivity contribution in [1.82, 2.24) is 14.2 Å². The van der Waals surface area contributed by atoms with Crippen molar-refractivity contribution in [1.29, 1.82) is 0 Å². The zero-order chi connectivity index (χ0) is 30.5. The maximum absolute atomic E-state index is 13.8. The van der Waals surface area contributed by atoms with Gasteiger partial charge in [-0.15, -0.1) is 11.3 Å². The molecule has 0 atom stereocenters. The number of nitrogens with zero attached hydrogens (tertiary/aromatic N) is 3. The van der Waals surface area contributed by atoms with Gasteiger partial charge in [-0.05, 0) is 36.6 Å². The van der Waals surface area contributed by atoms with Gasteiger partial charge < -0.3 is 9.64 Å². The van der Waals surface area contributed by atoms with Crippen molar-refractivity contribution in [2.45, 2.75) is 56.3 Å². The Morgan fingerprint density at radius 3 is 2.36 bits per heavy atom. The van der Waals surface area contributed by atoms with Crippen LogP contribution in [-0.2, 0) is 31.0 Å². The molecule has 0 N–H and O–H groups in total. The molecule has 1 amide bonds. The number of carbonyl (C=O) groups excluding carboxylic acids is 1. The molecular weight excluding hydrogens is 619 g/mol. The number of hydrogen-bond acceptors (Lipinski definition) is 8. The van der Waals surface area contributed by atoms with E-state index in [1.807, 2.05) is 35.2 Å². The fourth-order valence-electron chi connectivity index (χ4n) is 7.41. The number of rotatable bonds is 6. The van der Waals surface area contributed by atoms with Gasteiger partial charge in [-0.1, -0.05) is 62.4 Å². The maximum atomic E-state index is 13.8. The first kappa shape index (κ1) is 30.3. The Bertz CT molecular complexity index is 1770. The van der Waals surface area contributed by atoms with Crippen molar-refractivity contribution >= 4 is 47.9 Å². The van der Waals surface area contributed by atoms with Crippen molar-refractivity contribution in [2.75, 3.05) is 50.9 Å². The smallest absolute Gasteiger partial charge is 0.282 e. The summed E-state index contributed by atoms with van der Waals surface area (Å²) < 4.78 is 58.3. The molecule has 12 heteroatoms. The van der Waals surface area contributed by atoms with Crippen molar-refractivity contribution in [3.63, 3.8) is 0 Å². The highest BCUT2D eigenvalue weighted by molar-refractivity contribution is 7.91. The van der Waals surface area contributed by atoms with Gasteiger partial charge >= 0.3 is 0 Å². The average Bonchev–Trinajstić information content (AvgIpc) is 3.43. The van der Waals surface area contributed by atoms with Gasteiger partial charge in [0.05, 0.1) is 40.2 Å². The zero-order valence-electron chi connectivity index (χ0n) is 24.9. The molecule has 7 rings (SSSR count). The molecule has 3 aliphatic heterocycles. The van der Waals surface area contributed by atoms with E-state index in [1.165, 1.54) is 34.9 Å². The predicted octanol–water partition coefficient (Wildman–Crippen LogP) is 4.76. The van der Waals surface area contributed by atoms with Crippen molar-refractivity contribution in [3.8, 4) is 10.4 Å². The maximum Gasteiger partial charge on any atom is 0.282 e. The molecule has 0 unspecified atom stereocenters. The minimum atomic E-state index is -3.71. The van der Waals surface area contributed by atoms with Gasteiger partial charge in [-0.2, -0.15) is 4.31 Å². The van der Waals surface area contributed by atoms with E-state index in [0.717, 1.165) is 40.8 Å². The van der Waals surface area contributed by atoms with E-state index in [-0.39, 0.29) is 27.7 Å². The summed E-state index contributed by atoms with van der Waals surface area (Å²) in [7, 11) is -6.68. The first-order valence-corrected chi connectivity index (χ1v) is 19.8. The van der Waals surface area contributed by atoms with Crippen LogP contribution in [0.1, 0.15) is 60.4 Å².